The summed E-state index contributed by atoms with van der Waals surface area (Å²) in [5, 5.41) is 0.599. The summed E-state index contributed by atoms with van der Waals surface area (Å²) in [5.41, 5.74) is 10.5. The lowest BCUT2D eigenvalue weighted by atomic mass is 9.87. The van der Waals surface area contributed by atoms with Gasteiger partial charge in [-0.25, -0.2) is 0 Å². The van der Waals surface area contributed by atoms with E-state index >= 15 is 0 Å². The van der Waals surface area contributed by atoms with Crippen LogP contribution in [0.15, 0.2) is 60.7 Å². The molecule has 0 aliphatic carbocycles. The van der Waals surface area contributed by atoms with Crippen molar-refractivity contribution in [1.82, 2.24) is 4.90 Å². The van der Waals surface area contributed by atoms with Gasteiger partial charge in [0.2, 0.25) is 5.91 Å². The van der Waals surface area contributed by atoms with Crippen LogP contribution in [0.25, 0.3) is 0 Å². The first-order valence-corrected chi connectivity index (χ1v) is 11.0. The number of carbonyl (C=O) groups is 1. The van der Waals surface area contributed by atoms with E-state index in [1.165, 1.54) is 5.56 Å². The number of methoxy groups -OCH3 is 2. The lowest BCUT2D eigenvalue weighted by Crippen LogP contribution is -2.28. The number of primary amides is 1. The van der Waals surface area contributed by atoms with E-state index in [-0.39, 0.29) is 5.92 Å². The molecule has 6 heteroatoms. The summed E-state index contributed by atoms with van der Waals surface area (Å²) in [5.74, 6) is 0.798. The van der Waals surface area contributed by atoms with Crippen LogP contribution in [-0.2, 0) is 13.0 Å². The largest absolute Gasteiger partial charge is 0.493 e. The van der Waals surface area contributed by atoms with Gasteiger partial charge in [0.15, 0.2) is 11.5 Å². The van der Waals surface area contributed by atoms with Gasteiger partial charge in [0.25, 0.3) is 0 Å². The zero-order valence-corrected chi connectivity index (χ0v) is 19.1. The SMILES string of the molecule is COc1cc2c(c(Cl)c1OC)CCN(Cc1ccccc1)CC2c1ccc(C(N)=O)cc1. The van der Waals surface area contributed by atoms with E-state index in [1.807, 2.05) is 24.3 Å². The zero-order valence-electron chi connectivity index (χ0n) is 18.3. The maximum atomic E-state index is 11.6. The minimum Gasteiger partial charge on any atom is -0.493 e. The van der Waals surface area contributed by atoms with E-state index in [0.29, 0.717) is 22.1 Å². The van der Waals surface area contributed by atoms with Crippen LogP contribution in [0.5, 0.6) is 11.5 Å². The highest BCUT2D eigenvalue weighted by Crippen LogP contribution is 2.44. The molecule has 0 radical (unpaired) electrons. The highest BCUT2D eigenvalue weighted by molar-refractivity contribution is 6.33. The number of nitrogens with zero attached hydrogens (tertiary/aromatic N) is 1. The average Bonchev–Trinajstić information content (AvgIpc) is 2.99. The third-order valence-corrected chi connectivity index (χ3v) is 6.49. The Bertz CT molecular complexity index is 1100. The normalized spacial score (nSPS) is 16.2. The van der Waals surface area contributed by atoms with Crippen molar-refractivity contribution in [3.63, 3.8) is 0 Å². The van der Waals surface area contributed by atoms with Crippen LogP contribution in [0.3, 0.4) is 0 Å². The van der Waals surface area contributed by atoms with Crippen molar-refractivity contribution < 1.29 is 14.3 Å². The molecule has 3 aromatic rings. The molecule has 1 unspecified atom stereocenters. The van der Waals surface area contributed by atoms with E-state index in [4.69, 9.17) is 26.8 Å². The molecule has 166 valence electrons. The quantitative estimate of drug-likeness (QED) is 0.593. The van der Waals surface area contributed by atoms with Gasteiger partial charge in [-0.05, 0) is 46.9 Å². The molecular weight excluding hydrogens is 424 g/mol. The number of halogens is 1. The molecule has 1 heterocycles. The van der Waals surface area contributed by atoms with Crippen molar-refractivity contribution in [3.05, 3.63) is 93.5 Å². The summed E-state index contributed by atoms with van der Waals surface area (Å²) in [6.07, 6.45) is 0.803. The van der Waals surface area contributed by atoms with E-state index < -0.39 is 5.91 Å². The van der Waals surface area contributed by atoms with Crippen molar-refractivity contribution in [2.24, 2.45) is 5.73 Å². The number of amides is 1. The van der Waals surface area contributed by atoms with Gasteiger partial charge in [0.1, 0.15) is 0 Å². The van der Waals surface area contributed by atoms with Gasteiger partial charge in [0.05, 0.1) is 19.2 Å². The third kappa shape index (κ3) is 4.45. The van der Waals surface area contributed by atoms with Crippen LogP contribution >= 0.6 is 11.6 Å². The molecular formula is C26H27ClN2O3. The fourth-order valence-corrected chi connectivity index (χ4v) is 4.81. The number of hydrogen-bond donors (Lipinski definition) is 1. The van der Waals surface area contributed by atoms with Crippen molar-refractivity contribution in [2.75, 3.05) is 27.3 Å². The molecule has 5 nitrogen and oxygen atoms in total. The molecule has 1 aliphatic heterocycles. The predicted molar refractivity (Wildman–Crippen MR) is 127 cm³/mol. The fraction of sp³-hybridized carbons (Fsp3) is 0.269. The lowest BCUT2D eigenvalue weighted by Gasteiger charge is -2.26. The van der Waals surface area contributed by atoms with Crippen molar-refractivity contribution in [3.8, 4) is 11.5 Å². The number of rotatable bonds is 6. The maximum Gasteiger partial charge on any atom is 0.248 e. The molecule has 1 atom stereocenters. The summed E-state index contributed by atoms with van der Waals surface area (Å²) in [4.78, 5) is 14.0. The number of ether oxygens (including phenoxy) is 2. The summed E-state index contributed by atoms with van der Waals surface area (Å²) < 4.78 is 11.2. The molecule has 1 amide bonds. The highest BCUT2D eigenvalue weighted by atomic mass is 35.5. The molecule has 3 aromatic carbocycles. The van der Waals surface area contributed by atoms with Crippen LogP contribution in [0, 0.1) is 0 Å². The molecule has 0 fully saturated rings. The number of hydrogen-bond acceptors (Lipinski definition) is 4. The molecule has 2 N–H and O–H groups in total. The number of carbonyl (C=O) groups excluding carboxylic acids is 1. The van der Waals surface area contributed by atoms with Gasteiger partial charge in [0, 0.05) is 31.1 Å². The van der Waals surface area contributed by atoms with Crippen LogP contribution in [0.1, 0.15) is 38.5 Å². The van der Waals surface area contributed by atoms with Crippen molar-refractivity contribution in [1.29, 1.82) is 0 Å². The third-order valence-electron chi connectivity index (χ3n) is 6.09. The highest BCUT2D eigenvalue weighted by Gasteiger charge is 2.29. The van der Waals surface area contributed by atoms with Gasteiger partial charge in [-0.1, -0.05) is 54.1 Å². The number of benzene rings is 3. The second kappa shape index (κ2) is 9.63. The van der Waals surface area contributed by atoms with Gasteiger partial charge in [-0.3, -0.25) is 9.69 Å². The lowest BCUT2D eigenvalue weighted by molar-refractivity contribution is 0.100. The number of nitrogens with two attached hydrogens (primary N) is 1. The average molecular weight is 451 g/mol. The molecule has 1 aliphatic rings. The van der Waals surface area contributed by atoms with E-state index in [9.17, 15) is 4.79 Å². The second-order valence-electron chi connectivity index (χ2n) is 8.00. The van der Waals surface area contributed by atoms with Crippen LogP contribution in [0.2, 0.25) is 5.02 Å². The zero-order chi connectivity index (χ0) is 22.7. The Morgan fingerprint density at radius 3 is 2.44 bits per heavy atom. The molecule has 0 spiro atoms. The van der Waals surface area contributed by atoms with Crippen molar-refractivity contribution in [2.45, 2.75) is 18.9 Å². The summed E-state index contributed by atoms with van der Waals surface area (Å²) >= 11 is 6.83. The summed E-state index contributed by atoms with van der Waals surface area (Å²) in [6.45, 7) is 2.52. The summed E-state index contributed by atoms with van der Waals surface area (Å²) in [6, 6.07) is 20.0. The Balaban J connectivity index is 1.79. The Labute approximate surface area is 193 Å². The molecule has 0 bridgehead atoms. The molecule has 0 saturated carbocycles. The van der Waals surface area contributed by atoms with E-state index in [0.717, 1.165) is 42.7 Å². The Kier molecular flexibility index (Phi) is 6.68. The molecule has 0 saturated heterocycles. The van der Waals surface area contributed by atoms with Gasteiger partial charge in [-0.2, -0.15) is 0 Å². The molecule has 4 rings (SSSR count). The Morgan fingerprint density at radius 2 is 1.81 bits per heavy atom. The topological polar surface area (TPSA) is 64.8 Å². The van der Waals surface area contributed by atoms with Gasteiger partial charge in [-0.15, -0.1) is 0 Å². The Morgan fingerprint density at radius 1 is 1.09 bits per heavy atom. The fourth-order valence-electron chi connectivity index (χ4n) is 4.44. The smallest absolute Gasteiger partial charge is 0.248 e. The van der Waals surface area contributed by atoms with Crippen LogP contribution in [-0.4, -0.2) is 38.1 Å². The number of fused-ring (bicyclic) bond motifs is 1. The Hall–Kier alpha value is -3.02. The maximum absolute atomic E-state index is 11.6. The first-order valence-electron chi connectivity index (χ1n) is 10.6. The van der Waals surface area contributed by atoms with Gasteiger partial charge < -0.3 is 15.2 Å². The van der Waals surface area contributed by atoms with E-state index in [2.05, 4.69) is 29.2 Å². The monoisotopic (exact) mass is 450 g/mol. The van der Waals surface area contributed by atoms with Crippen LogP contribution < -0.4 is 15.2 Å². The minimum absolute atomic E-state index is 0.0513. The summed E-state index contributed by atoms with van der Waals surface area (Å²) in [7, 11) is 3.23. The predicted octanol–water partition coefficient (Wildman–Crippen LogP) is 4.65. The first kappa shape index (κ1) is 22.2. The second-order valence-corrected chi connectivity index (χ2v) is 8.38. The molecule has 32 heavy (non-hydrogen) atoms. The van der Waals surface area contributed by atoms with Crippen LogP contribution in [0.4, 0.5) is 0 Å². The van der Waals surface area contributed by atoms with E-state index in [1.54, 1.807) is 26.4 Å². The first-order chi connectivity index (χ1) is 15.5. The molecule has 0 aromatic heterocycles. The minimum atomic E-state index is -0.432. The van der Waals surface area contributed by atoms with Gasteiger partial charge >= 0.3 is 0 Å². The standard InChI is InChI=1S/C26H27ClN2O3/c1-31-23-14-21-20(24(27)25(23)32-2)12-13-29(15-17-6-4-3-5-7-17)16-22(21)18-8-10-19(11-9-18)26(28)30/h3-11,14,22H,12-13,15-16H2,1-2H3,(H2,28,30). The van der Waals surface area contributed by atoms with Crippen molar-refractivity contribution >= 4 is 17.5 Å².